The first-order valence-corrected chi connectivity index (χ1v) is 8.37. The largest absolute Gasteiger partial charge is 0.462 e. The van der Waals surface area contributed by atoms with Crippen LogP contribution in [0, 0.1) is 6.92 Å². The lowest BCUT2D eigenvalue weighted by molar-refractivity contribution is 0.0521. The fourth-order valence-corrected chi connectivity index (χ4v) is 2.92. The number of nitrogens with one attached hydrogen (secondary N) is 1. The summed E-state index contributed by atoms with van der Waals surface area (Å²) in [7, 11) is 0. The SMILES string of the molecule is CCOC(=O)c1c(C)oc(NC(=O)c2c(Cl)ccc(Cl)c2Cl)c1C(N)=O. The fraction of sp³-hybridized carbons (Fsp3) is 0.188. The number of benzene rings is 1. The zero-order chi connectivity index (χ0) is 19.6. The molecule has 0 bridgehead atoms. The third-order valence-electron chi connectivity index (χ3n) is 3.31. The summed E-state index contributed by atoms with van der Waals surface area (Å²) in [5.74, 6) is -2.86. The second kappa shape index (κ2) is 7.99. The summed E-state index contributed by atoms with van der Waals surface area (Å²) >= 11 is 17.9. The normalized spacial score (nSPS) is 10.5. The van der Waals surface area contributed by atoms with E-state index < -0.39 is 17.8 Å². The average Bonchev–Trinajstić information content (AvgIpc) is 2.87. The lowest BCUT2D eigenvalue weighted by atomic mass is 10.1. The second-order valence-corrected chi connectivity index (χ2v) is 6.19. The van der Waals surface area contributed by atoms with E-state index in [1.54, 1.807) is 6.92 Å². The molecule has 1 aromatic carbocycles. The van der Waals surface area contributed by atoms with E-state index in [9.17, 15) is 14.4 Å². The number of carbonyl (C=O) groups excluding carboxylic acids is 3. The lowest BCUT2D eigenvalue weighted by Gasteiger charge is -2.09. The van der Waals surface area contributed by atoms with Gasteiger partial charge in [-0.2, -0.15) is 0 Å². The molecule has 2 amide bonds. The number of halogens is 3. The Labute approximate surface area is 163 Å². The predicted molar refractivity (Wildman–Crippen MR) is 97.3 cm³/mol. The van der Waals surface area contributed by atoms with E-state index in [0.29, 0.717) is 0 Å². The maximum absolute atomic E-state index is 12.5. The Bertz CT molecular complexity index is 908. The van der Waals surface area contributed by atoms with E-state index in [2.05, 4.69) is 5.32 Å². The van der Waals surface area contributed by atoms with Crippen molar-refractivity contribution in [2.45, 2.75) is 13.8 Å². The van der Waals surface area contributed by atoms with Crippen LogP contribution in [0.5, 0.6) is 0 Å². The van der Waals surface area contributed by atoms with E-state index in [0.717, 1.165) is 0 Å². The van der Waals surface area contributed by atoms with Gasteiger partial charge in [-0.1, -0.05) is 34.8 Å². The molecule has 26 heavy (non-hydrogen) atoms. The third kappa shape index (κ3) is 3.80. The Morgan fingerprint density at radius 1 is 1.12 bits per heavy atom. The van der Waals surface area contributed by atoms with Crippen LogP contribution < -0.4 is 11.1 Å². The zero-order valence-corrected chi connectivity index (χ0v) is 15.9. The molecule has 138 valence electrons. The van der Waals surface area contributed by atoms with Crippen molar-refractivity contribution in [3.05, 3.63) is 49.7 Å². The van der Waals surface area contributed by atoms with Gasteiger partial charge in [-0.25, -0.2) is 4.79 Å². The number of carbonyl (C=O) groups is 3. The molecule has 1 heterocycles. The summed E-state index contributed by atoms with van der Waals surface area (Å²) < 4.78 is 10.2. The van der Waals surface area contributed by atoms with Crippen LogP contribution in [-0.2, 0) is 4.74 Å². The molecule has 0 aliphatic heterocycles. The molecule has 2 aromatic rings. The van der Waals surface area contributed by atoms with Gasteiger partial charge in [0.1, 0.15) is 16.9 Å². The predicted octanol–water partition coefficient (Wildman–Crippen LogP) is 4.08. The van der Waals surface area contributed by atoms with Crippen LogP contribution in [0.15, 0.2) is 16.5 Å². The first kappa shape index (κ1) is 20.1. The molecule has 0 atom stereocenters. The van der Waals surface area contributed by atoms with Gasteiger partial charge in [0.15, 0.2) is 0 Å². The van der Waals surface area contributed by atoms with Crippen molar-refractivity contribution in [1.82, 2.24) is 0 Å². The minimum Gasteiger partial charge on any atom is -0.462 e. The van der Waals surface area contributed by atoms with Crippen LogP contribution in [0.2, 0.25) is 15.1 Å². The number of primary amides is 1. The zero-order valence-electron chi connectivity index (χ0n) is 13.6. The van der Waals surface area contributed by atoms with Crippen LogP contribution >= 0.6 is 34.8 Å². The minimum atomic E-state index is -0.983. The smallest absolute Gasteiger partial charge is 0.342 e. The monoisotopic (exact) mass is 418 g/mol. The van der Waals surface area contributed by atoms with Crippen molar-refractivity contribution < 1.29 is 23.5 Å². The highest BCUT2D eigenvalue weighted by Crippen LogP contribution is 2.33. The molecule has 0 aliphatic carbocycles. The molecular formula is C16H13Cl3N2O5. The summed E-state index contributed by atoms with van der Waals surface area (Å²) in [4.78, 5) is 36.4. The number of hydrogen-bond donors (Lipinski definition) is 2. The lowest BCUT2D eigenvalue weighted by Crippen LogP contribution is -2.20. The summed E-state index contributed by atoms with van der Waals surface area (Å²) in [6.07, 6.45) is 0. The van der Waals surface area contributed by atoms with Gasteiger partial charge in [0.05, 0.1) is 27.2 Å². The molecule has 0 fully saturated rings. The Hall–Kier alpha value is -2.22. The van der Waals surface area contributed by atoms with Gasteiger partial charge in [0.25, 0.3) is 11.8 Å². The molecule has 0 unspecified atom stereocenters. The van der Waals surface area contributed by atoms with Crippen molar-refractivity contribution in [2.24, 2.45) is 5.73 Å². The van der Waals surface area contributed by atoms with Crippen molar-refractivity contribution >= 4 is 58.5 Å². The van der Waals surface area contributed by atoms with E-state index in [1.807, 2.05) is 0 Å². The van der Waals surface area contributed by atoms with Gasteiger partial charge in [0, 0.05) is 0 Å². The average molecular weight is 420 g/mol. The highest BCUT2D eigenvalue weighted by Gasteiger charge is 2.30. The number of hydrogen-bond acceptors (Lipinski definition) is 5. The number of rotatable bonds is 5. The minimum absolute atomic E-state index is 0.0337. The topological polar surface area (TPSA) is 112 Å². The molecule has 2 rings (SSSR count). The molecule has 7 nitrogen and oxygen atoms in total. The van der Waals surface area contributed by atoms with Gasteiger partial charge >= 0.3 is 5.97 Å². The van der Waals surface area contributed by atoms with Crippen molar-refractivity contribution in [2.75, 3.05) is 11.9 Å². The van der Waals surface area contributed by atoms with Crippen LogP contribution in [0.3, 0.4) is 0 Å². The van der Waals surface area contributed by atoms with Gasteiger partial charge in [0.2, 0.25) is 5.88 Å². The first-order chi connectivity index (χ1) is 12.2. The van der Waals surface area contributed by atoms with Crippen molar-refractivity contribution in [3.63, 3.8) is 0 Å². The molecule has 0 aliphatic rings. The highest BCUT2D eigenvalue weighted by molar-refractivity contribution is 6.46. The van der Waals surface area contributed by atoms with E-state index in [-0.39, 0.29) is 50.0 Å². The number of furan rings is 1. The Morgan fingerprint density at radius 3 is 2.31 bits per heavy atom. The van der Waals surface area contributed by atoms with Crippen LogP contribution in [0.25, 0.3) is 0 Å². The van der Waals surface area contributed by atoms with Crippen molar-refractivity contribution in [3.8, 4) is 0 Å². The van der Waals surface area contributed by atoms with Crippen LogP contribution in [0.1, 0.15) is 43.8 Å². The molecule has 0 radical (unpaired) electrons. The number of nitrogens with two attached hydrogens (primary N) is 1. The fourth-order valence-electron chi connectivity index (χ4n) is 2.22. The highest BCUT2D eigenvalue weighted by atomic mass is 35.5. The molecule has 0 saturated carbocycles. The summed E-state index contributed by atoms with van der Waals surface area (Å²) in [5, 5.41) is 2.40. The Morgan fingerprint density at radius 2 is 1.73 bits per heavy atom. The third-order valence-corrected chi connectivity index (χ3v) is 4.43. The molecule has 0 spiro atoms. The first-order valence-electron chi connectivity index (χ1n) is 7.24. The molecule has 1 aromatic heterocycles. The van der Waals surface area contributed by atoms with Gasteiger partial charge in [-0.3, -0.25) is 14.9 Å². The Balaban J connectivity index is 2.49. The molecule has 3 N–H and O–H groups in total. The number of aryl methyl sites for hydroxylation is 1. The van der Waals surface area contributed by atoms with Crippen LogP contribution in [0.4, 0.5) is 5.88 Å². The number of ether oxygens (including phenoxy) is 1. The summed E-state index contributed by atoms with van der Waals surface area (Å²) in [6, 6.07) is 2.81. The summed E-state index contributed by atoms with van der Waals surface area (Å²) in [5.41, 5.74) is 4.72. The molecule has 10 heteroatoms. The second-order valence-electron chi connectivity index (χ2n) is 4.99. The van der Waals surface area contributed by atoms with E-state index in [1.165, 1.54) is 19.1 Å². The van der Waals surface area contributed by atoms with E-state index >= 15 is 0 Å². The van der Waals surface area contributed by atoms with Crippen molar-refractivity contribution in [1.29, 1.82) is 0 Å². The van der Waals surface area contributed by atoms with E-state index in [4.69, 9.17) is 49.7 Å². The Kier molecular flexibility index (Phi) is 6.17. The maximum atomic E-state index is 12.5. The molecule has 0 saturated heterocycles. The number of anilines is 1. The number of esters is 1. The standard InChI is InChI=1S/C16H13Cl3N2O5/c1-3-25-16(24)9-6(2)26-15(11(9)13(20)22)21-14(23)10-7(17)4-5-8(18)12(10)19/h4-5H,3H2,1-2H3,(H2,20,22)(H,21,23). The number of amides is 2. The van der Waals surface area contributed by atoms with Gasteiger partial charge in [-0.05, 0) is 26.0 Å². The van der Waals surface area contributed by atoms with Crippen LogP contribution in [-0.4, -0.2) is 24.4 Å². The molecular weight excluding hydrogens is 407 g/mol. The maximum Gasteiger partial charge on any atom is 0.342 e. The quantitative estimate of drug-likeness (QED) is 0.560. The van der Waals surface area contributed by atoms with Gasteiger partial charge in [-0.15, -0.1) is 0 Å². The summed E-state index contributed by atoms with van der Waals surface area (Å²) in [6.45, 7) is 3.11. The van der Waals surface area contributed by atoms with Gasteiger partial charge < -0.3 is 14.9 Å².